The zero-order valence-electron chi connectivity index (χ0n) is 13.9. The van der Waals surface area contributed by atoms with Crippen molar-refractivity contribution in [1.29, 1.82) is 0 Å². The topological polar surface area (TPSA) is 68.5 Å². The molecule has 0 bridgehead atoms. The Morgan fingerprint density at radius 2 is 1.96 bits per heavy atom. The molecule has 0 unspecified atom stereocenters. The van der Waals surface area contributed by atoms with Crippen molar-refractivity contribution in [3.8, 4) is 17.1 Å². The number of fused-ring (bicyclic) bond motifs is 1. The predicted octanol–water partition coefficient (Wildman–Crippen LogP) is 3.43. The Balaban J connectivity index is 2.00. The highest BCUT2D eigenvalue weighted by atomic mass is 19.4. The quantitative estimate of drug-likeness (QED) is 0.770. The van der Waals surface area contributed by atoms with Crippen LogP contribution in [0.15, 0.2) is 42.6 Å². The van der Waals surface area contributed by atoms with Crippen molar-refractivity contribution in [3.05, 3.63) is 48.2 Å². The molecule has 2 aromatic heterocycles. The van der Waals surface area contributed by atoms with E-state index in [4.69, 9.17) is 0 Å². The Labute approximate surface area is 146 Å². The fourth-order valence-electron chi connectivity index (χ4n) is 2.40. The number of nitrogens with zero attached hydrogens (tertiary/aromatic N) is 3. The molecule has 2 heterocycles. The molecule has 0 aliphatic carbocycles. The average Bonchev–Trinajstić information content (AvgIpc) is 2.95. The van der Waals surface area contributed by atoms with E-state index >= 15 is 0 Å². The molecule has 1 amide bonds. The molecule has 0 radical (unpaired) electrons. The molecule has 3 rings (SSSR count). The van der Waals surface area contributed by atoms with Crippen molar-refractivity contribution in [2.75, 3.05) is 0 Å². The van der Waals surface area contributed by atoms with Gasteiger partial charge in [-0.15, -0.1) is 23.4 Å². The lowest BCUT2D eigenvalue weighted by atomic mass is 10.2. The number of nitrogens with one attached hydrogen (secondary N) is 1. The maximum absolute atomic E-state index is 12.4. The molecular weight excluding hydrogens is 349 g/mol. The standard InChI is InChI=1S/C17H15F3N4O2/c1-10(2)21-16(25)12-6-7-14-22-23-15(24(14)9-12)11-4-3-5-13(8-11)26-17(18,19)20/h3-10H,1-2H3,(H,21,25). The monoisotopic (exact) mass is 364 g/mol. The Kier molecular flexibility index (Phi) is 4.54. The summed E-state index contributed by atoms with van der Waals surface area (Å²) in [4.78, 5) is 12.2. The van der Waals surface area contributed by atoms with Gasteiger partial charge in [0.2, 0.25) is 0 Å². The number of alkyl halides is 3. The van der Waals surface area contributed by atoms with Gasteiger partial charge in [0, 0.05) is 17.8 Å². The molecule has 0 spiro atoms. The number of carbonyl (C=O) groups excluding carboxylic acids is 1. The number of hydrogen-bond donors (Lipinski definition) is 1. The summed E-state index contributed by atoms with van der Waals surface area (Å²) in [5.41, 5.74) is 1.22. The van der Waals surface area contributed by atoms with E-state index in [1.54, 1.807) is 28.8 Å². The molecule has 0 fully saturated rings. The van der Waals surface area contributed by atoms with E-state index in [9.17, 15) is 18.0 Å². The molecule has 0 saturated heterocycles. The number of ether oxygens (including phenoxy) is 1. The van der Waals surface area contributed by atoms with Gasteiger partial charge in [0.05, 0.1) is 5.56 Å². The van der Waals surface area contributed by atoms with Gasteiger partial charge < -0.3 is 10.1 Å². The number of aromatic nitrogens is 3. The maximum atomic E-state index is 12.4. The second-order valence-corrected chi connectivity index (χ2v) is 5.87. The number of amides is 1. The highest BCUT2D eigenvalue weighted by Gasteiger charge is 2.31. The average molecular weight is 364 g/mol. The van der Waals surface area contributed by atoms with Crippen molar-refractivity contribution in [2.45, 2.75) is 26.3 Å². The smallest absolute Gasteiger partial charge is 0.406 e. The second-order valence-electron chi connectivity index (χ2n) is 5.87. The van der Waals surface area contributed by atoms with Crippen LogP contribution in [0, 0.1) is 0 Å². The number of pyridine rings is 1. The van der Waals surface area contributed by atoms with Gasteiger partial charge >= 0.3 is 6.36 Å². The highest BCUT2D eigenvalue weighted by molar-refractivity contribution is 5.94. The van der Waals surface area contributed by atoms with Crippen molar-refractivity contribution in [3.63, 3.8) is 0 Å². The van der Waals surface area contributed by atoms with Crippen LogP contribution in [0.5, 0.6) is 5.75 Å². The van der Waals surface area contributed by atoms with E-state index in [-0.39, 0.29) is 17.7 Å². The number of rotatable bonds is 4. The third-order valence-electron chi connectivity index (χ3n) is 3.41. The van der Waals surface area contributed by atoms with Gasteiger partial charge in [-0.05, 0) is 38.1 Å². The van der Waals surface area contributed by atoms with E-state index in [0.717, 1.165) is 0 Å². The van der Waals surface area contributed by atoms with Gasteiger partial charge in [0.1, 0.15) is 5.75 Å². The van der Waals surface area contributed by atoms with Crippen LogP contribution in [0.3, 0.4) is 0 Å². The molecular formula is C17H15F3N4O2. The summed E-state index contributed by atoms with van der Waals surface area (Å²) in [5, 5.41) is 10.8. The summed E-state index contributed by atoms with van der Waals surface area (Å²) in [6, 6.07) is 8.60. The summed E-state index contributed by atoms with van der Waals surface area (Å²) in [7, 11) is 0. The van der Waals surface area contributed by atoms with Crippen LogP contribution in [0.4, 0.5) is 13.2 Å². The van der Waals surface area contributed by atoms with Gasteiger partial charge in [-0.25, -0.2) is 0 Å². The van der Waals surface area contributed by atoms with E-state index in [1.807, 2.05) is 13.8 Å². The van der Waals surface area contributed by atoms with E-state index in [1.165, 1.54) is 18.2 Å². The summed E-state index contributed by atoms with van der Waals surface area (Å²) >= 11 is 0. The minimum Gasteiger partial charge on any atom is -0.406 e. The van der Waals surface area contributed by atoms with Gasteiger partial charge in [-0.3, -0.25) is 9.20 Å². The van der Waals surface area contributed by atoms with Crippen molar-refractivity contribution in [2.24, 2.45) is 0 Å². The van der Waals surface area contributed by atoms with Crippen LogP contribution in [-0.2, 0) is 0 Å². The Hall–Kier alpha value is -3.10. The zero-order valence-corrected chi connectivity index (χ0v) is 13.9. The van der Waals surface area contributed by atoms with Gasteiger partial charge in [-0.1, -0.05) is 12.1 Å². The molecule has 26 heavy (non-hydrogen) atoms. The fraction of sp³-hybridized carbons (Fsp3) is 0.235. The summed E-state index contributed by atoms with van der Waals surface area (Å²) in [5.74, 6) is -0.331. The number of carbonyl (C=O) groups is 1. The van der Waals surface area contributed by atoms with Crippen LogP contribution in [0.25, 0.3) is 17.0 Å². The molecule has 0 atom stereocenters. The molecule has 9 heteroatoms. The van der Waals surface area contributed by atoms with Crippen molar-refractivity contribution < 1.29 is 22.7 Å². The normalized spacial score (nSPS) is 11.8. The maximum Gasteiger partial charge on any atom is 0.573 e. The fourth-order valence-corrected chi connectivity index (χ4v) is 2.40. The number of benzene rings is 1. The zero-order chi connectivity index (χ0) is 18.9. The molecule has 3 aromatic rings. The van der Waals surface area contributed by atoms with Gasteiger partial charge in [0.15, 0.2) is 11.5 Å². The summed E-state index contributed by atoms with van der Waals surface area (Å²) < 4.78 is 42.7. The Morgan fingerprint density at radius 3 is 2.65 bits per heavy atom. The number of hydrogen-bond acceptors (Lipinski definition) is 4. The molecule has 6 nitrogen and oxygen atoms in total. The van der Waals surface area contributed by atoms with Gasteiger partial charge in [0.25, 0.3) is 5.91 Å². The predicted molar refractivity (Wildman–Crippen MR) is 87.7 cm³/mol. The van der Waals surface area contributed by atoms with E-state index < -0.39 is 6.36 Å². The minimum atomic E-state index is -4.78. The highest BCUT2D eigenvalue weighted by Crippen LogP contribution is 2.27. The lowest BCUT2D eigenvalue weighted by Gasteiger charge is -2.10. The third kappa shape index (κ3) is 3.93. The van der Waals surface area contributed by atoms with Crippen LogP contribution in [0.1, 0.15) is 24.2 Å². The Bertz CT molecular complexity index is 951. The first-order valence-electron chi connectivity index (χ1n) is 7.75. The first-order chi connectivity index (χ1) is 12.2. The minimum absolute atomic E-state index is 0.0326. The third-order valence-corrected chi connectivity index (χ3v) is 3.41. The lowest BCUT2D eigenvalue weighted by molar-refractivity contribution is -0.274. The largest absolute Gasteiger partial charge is 0.573 e. The molecule has 1 N–H and O–H groups in total. The van der Waals surface area contributed by atoms with Crippen LogP contribution >= 0.6 is 0 Å². The Morgan fingerprint density at radius 1 is 1.19 bits per heavy atom. The van der Waals surface area contributed by atoms with Crippen molar-refractivity contribution in [1.82, 2.24) is 19.9 Å². The molecule has 0 saturated carbocycles. The van der Waals surface area contributed by atoms with Crippen LogP contribution in [0.2, 0.25) is 0 Å². The first kappa shape index (κ1) is 17.7. The van der Waals surface area contributed by atoms with Crippen LogP contribution < -0.4 is 10.1 Å². The molecule has 0 aliphatic rings. The van der Waals surface area contributed by atoms with Crippen LogP contribution in [-0.4, -0.2) is 32.9 Å². The SMILES string of the molecule is CC(C)NC(=O)c1ccc2nnc(-c3cccc(OC(F)(F)F)c3)n2c1. The summed E-state index contributed by atoms with van der Waals surface area (Å²) in [6.07, 6.45) is -3.24. The summed E-state index contributed by atoms with van der Waals surface area (Å²) in [6.45, 7) is 3.68. The lowest BCUT2D eigenvalue weighted by Crippen LogP contribution is -2.30. The van der Waals surface area contributed by atoms with E-state index in [2.05, 4.69) is 20.3 Å². The number of halogens is 3. The molecule has 136 valence electrons. The van der Waals surface area contributed by atoms with Crippen molar-refractivity contribution >= 4 is 11.6 Å². The van der Waals surface area contributed by atoms with E-state index in [0.29, 0.717) is 22.6 Å². The molecule has 1 aromatic carbocycles. The van der Waals surface area contributed by atoms with Gasteiger partial charge in [-0.2, -0.15) is 0 Å². The molecule has 0 aliphatic heterocycles. The second kappa shape index (κ2) is 6.66. The first-order valence-corrected chi connectivity index (χ1v) is 7.75.